The van der Waals surface area contributed by atoms with E-state index in [1.807, 2.05) is 0 Å². The summed E-state index contributed by atoms with van der Waals surface area (Å²) in [6.07, 6.45) is 0.278. The Labute approximate surface area is 80.7 Å². The van der Waals surface area contributed by atoms with E-state index in [0.717, 1.165) is 0 Å². The van der Waals surface area contributed by atoms with Crippen LogP contribution in [0.15, 0.2) is 29.6 Å². The normalized spacial score (nSPS) is 15.4. The average molecular weight is 191 g/mol. The summed E-state index contributed by atoms with van der Waals surface area (Å²) in [6.45, 7) is 0.326. The summed E-state index contributed by atoms with van der Waals surface area (Å²) < 4.78 is 0. The van der Waals surface area contributed by atoms with Gasteiger partial charge >= 0.3 is 0 Å². The summed E-state index contributed by atoms with van der Waals surface area (Å²) in [4.78, 5) is 21.7. The van der Waals surface area contributed by atoms with Crippen LogP contribution in [0.2, 0.25) is 0 Å². The maximum Gasteiger partial charge on any atom is 0.226 e. The first-order valence-corrected chi connectivity index (χ1v) is 4.31. The van der Waals surface area contributed by atoms with Gasteiger partial charge in [0, 0.05) is 6.42 Å². The minimum Gasteiger partial charge on any atom is -0.324 e. The third-order valence-corrected chi connectivity index (χ3v) is 2.11. The molecule has 1 aromatic carbocycles. The molecule has 1 aromatic rings. The number of nitroso groups, excluding NO2 is 1. The zero-order valence-electron chi connectivity index (χ0n) is 7.43. The summed E-state index contributed by atoms with van der Waals surface area (Å²) in [7, 11) is 0. The Morgan fingerprint density at radius 1 is 1.36 bits per heavy atom. The van der Waals surface area contributed by atoms with Crippen molar-refractivity contribution in [3.8, 4) is 0 Å². The molecular formula is C9H9N3O2. The number of nitrogens with one attached hydrogen (secondary N) is 1. The number of para-hydroxylation sites is 2. The number of nitrogens with zero attached hydrogens (tertiary/aromatic N) is 2. The first kappa shape index (κ1) is 8.68. The van der Waals surface area contributed by atoms with Crippen molar-refractivity contribution in [3.05, 3.63) is 29.2 Å². The second-order valence-corrected chi connectivity index (χ2v) is 3.02. The first-order valence-electron chi connectivity index (χ1n) is 4.31. The van der Waals surface area contributed by atoms with E-state index < -0.39 is 0 Å². The molecule has 0 saturated heterocycles. The molecule has 1 aliphatic heterocycles. The predicted molar refractivity (Wildman–Crippen MR) is 52.8 cm³/mol. The molecule has 72 valence electrons. The molecule has 0 atom stereocenters. The number of carbonyl (C=O) groups is 1. The Morgan fingerprint density at radius 2 is 2.14 bits per heavy atom. The van der Waals surface area contributed by atoms with E-state index in [2.05, 4.69) is 10.6 Å². The zero-order valence-corrected chi connectivity index (χ0v) is 7.43. The van der Waals surface area contributed by atoms with E-state index in [9.17, 15) is 9.70 Å². The SMILES string of the molecule is O=NN1CCC(=O)Nc2ccccc21. The first-order chi connectivity index (χ1) is 6.81. The van der Waals surface area contributed by atoms with Gasteiger partial charge in [0.2, 0.25) is 5.91 Å². The van der Waals surface area contributed by atoms with Gasteiger partial charge in [-0.3, -0.25) is 4.79 Å². The molecule has 0 fully saturated rings. The monoisotopic (exact) mass is 191 g/mol. The molecule has 0 aromatic heterocycles. The molecule has 1 N–H and O–H groups in total. The number of hydrogen-bond acceptors (Lipinski definition) is 3. The molecular weight excluding hydrogens is 182 g/mol. The maximum atomic E-state index is 11.2. The zero-order chi connectivity index (χ0) is 9.97. The molecule has 0 spiro atoms. The molecule has 5 heteroatoms. The van der Waals surface area contributed by atoms with Gasteiger partial charge in [-0.2, -0.15) is 0 Å². The van der Waals surface area contributed by atoms with Crippen LogP contribution in [-0.4, -0.2) is 12.5 Å². The average Bonchev–Trinajstić information content (AvgIpc) is 2.36. The summed E-state index contributed by atoms with van der Waals surface area (Å²) in [5.41, 5.74) is 1.28. The largest absolute Gasteiger partial charge is 0.324 e. The lowest BCUT2D eigenvalue weighted by Gasteiger charge is -2.13. The smallest absolute Gasteiger partial charge is 0.226 e. The Hall–Kier alpha value is -1.91. The van der Waals surface area contributed by atoms with Crippen LogP contribution < -0.4 is 10.3 Å². The van der Waals surface area contributed by atoms with E-state index in [0.29, 0.717) is 17.9 Å². The molecule has 2 rings (SSSR count). The van der Waals surface area contributed by atoms with Crippen molar-refractivity contribution in [3.63, 3.8) is 0 Å². The topological polar surface area (TPSA) is 61.8 Å². The molecule has 0 saturated carbocycles. The Balaban J connectivity index is 2.45. The number of amides is 1. The lowest BCUT2D eigenvalue weighted by molar-refractivity contribution is -0.115. The number of hydrogen-bond donors (Lipinski definition) is 1. The molecule has 0 radical (unpaired) electrons. The van der Waals surface area contributed by atoms with Crippen LogP contribution in [0, 0.1) is 4.91 Å². The molecule has 5 nitrogen and oxygen atoms in total. The van der Waals surface area contributed by atoms with E-state index in [-0.39, 0.29) is 12.3 Å². The highest BCUT2D eigenvalue weighted by Crippen LogP contribution is 2.28. The van der Waals surface area contributed by atoms with E-state index in [1.54, 1.807) is 24.3 Å². The van der Waals surface area contributed by atoms with Crippen molar-refractivity contribution >= 4 is 17.3 Å². The molecule has 1 aliphatic rings. The van der Waals surface area contributed by atoms with Gasteiger partial charge in [0.1, 0.15) is 0 Å². The van der Waals surface area contributed by atoms with E-state index in [1.165, 1.54) is 5.01 Å². The third kappa shape index (κ3) is 1.44. The Kier molecular flexibility index (Phi) is 2.14. The molecule has 1 heterocycles. The molecule has 0 bridgehead atoms. The van der Waals surface area contributed by atoms with Crippen LogP contribution in [0.1, 0.15) is 6.42 Å². The highest BCUT2D eigenvalue weighted by Gasteiger charge is 2.18. The fourth-order valence-electron chi connectivity index (χ4n) is 1.43. The van der Waals surface area contributed by atoms with Crippen LogP contribution in [0.5, 0.6) is 0 Å². The van der Waals surface area contributed by atoms with Gasteiger partial charge in [-0.25, -0.2) is 5.01 Å². The quantitative estimate of drug-likeness (QED) is 0.684. The number of rotatable bonds is 1. The minimum atomic E-state index is -0.0939. The Bertz CT molecular complexity index is 378. The van der Waals surface area contributed by atoms with Crippen molar-refractivity contribution < 1.29 is 4.79 Å². The van der Waals surface area contributed by atoms with E-state index >= 15 is 0 Å². The number of anilines is 2. The van der Waals surface area contributed by atoms with Crippen molar-refractivity contribution in [1.82, 2.24) is 0 Å². The summed E-state index contributed by atoms with van der Waals surface area (Å²) in [6, 6.07) is 7.10. The number of benzene rings is 1. The van der Waals surface area contributed by atoms with Crippen LogP contribution in [-0.2, 0) is 4.79 Å². The standard InChI is InChI=1S/C9H9N3O2/c13-9-5-6-12(11-14)8-4-2-1-3-7(8)10-9/h1-4H,5-6H2,(H,10,13). The second-order valence-electron chi connectivity index (χ2n) is 3.02. The highest BCUT2D eigenvalue weighted by atomic mass is 16.3. The lowest BCUT2D eigenvalue weighted by atomic mass is 10.2. The lowest BCUT2D eigenvalue weighted by Crippen LogP contribution is -2.17. The van der Waals surface area contributed by atoms with Gasteiger partial charge in [0.25, 0.3) is 0 Å². The van der Waals surface area contributed by atoms with Gasteiger partial charge in [-0.05, 0) is 12.1 Å². The summed E-state index contributed by atoms with van der Waals surface area (Å²) >= 11 is 0. The van der Waals surface area contributed by atoms with Crippen molar-refractivity contribution in [2.75, 3.05) is 16.9 Å². The van der Waals surface area contributed by atoms with Crippen LogP contribution in [0.3, 0.4) is 0 Å². The van der Waals surface area contributed by atoms with Crippen LogP contribution in [0.25, 0.3) is 0 Å². The second kappa shape index (κ2) is 3.45. The maximum absolute atomic E-state index is 11.2. The van der Waals surface area contributed by atoms with Crippen molar-refractivity contribution in [2.24, 2.45) is 5.29 Å². The molecule has 1 amide bonds. The minimum absolute atomic E-state index is 0.0939. The predicted octanol–water partition coefficient (Wildman–Crippen LogP) is 1.52. The highest BCUT2D eigenvalue weighted by molar-refractivity contribution is 5.96. The molecule has 0 aliphatic carbocycles. The van der Waals surface area contributed by atoms with Crippen molar-refractivity contribution in [1.29, 1.82) is 0 Å². The van der Waals surface area contributed by atoms with Gasteiger partial charge in [0.05, 0.1) is 23.2 Å². The van der Waals surface area contributed by atoms with Gasteiger partial charge in [-0.1, -0.05) is 12.1 Å². The molecule has 14 heavy (non-hydrogen) atoms. The summed E-state index contributed by atoms with van der Waals surface area (Å²) in [5.74, 6) is -0.0939. The number of carbonyl (C=O) groups excluding carboxylic acids is 1. The van der Waals surface area contributed by atoms with Crippen LogP contribution in [0.4, 0.5) is 11.4 Å². The number of fused-ring (bicyclic) bond motifs is 1. The van der Waals surface area contributed by atoms with Gasteiger partial charge < -0.3 is 5.32 Å². The van der Waals surface area contributed by atoms with Crippen molar-refractivity contribution in [2.45, 2.75) is 6.42 Å². The Morgan fingerprint density at radius 3 is 2.93 bits per heavy atom. The fourth-order valence-corrected chi connectivity index (χ4v) is 1.43. The van der Waals surface area contributed by atoms with Gasteiger partial charge in [0.15, 0.2) is 0 Å². The van der Waals surface area contributed by atoms with E-state index in [4.69, 9.17) is 0 Å². The molecule has 0 unspecified atom stereocenters. The third-order valence-electron chi connectivity index (χ3n) is 2.11. The van der Waals surface area contributed by atoms with Crippen LogP contribution >= 0.6 is 0 Å². The fraction of sp³-hybridized carbons (Fsp3) is 0.222. The van der Waals surface area contributed by atoms with Gasteiger partial charge in [-0.15, -0.1) is 4.91 Å². The summed E-state index contributed by atoms with van der Waals surface area (Å²) in [5, 5.41) is 6.87.